The van der Waals surface area contributed by atoms with Crippen molar-refractivity contribution in [2.75, 3.05) is 13.7 Å². The first-order valence-electron chi connectivity index (χ1n) is 6.84. The summed E-state index contributed by atoms with van der Waals surface area (Å²) in [5.41, 5.74) is 6.93. The quantitative estimate of drug-likeness (QED) is 0.666. The van der Waals surface area contributed by atoms with Gasteiger partial charge in [-0.2, -0.15) is 0 Å². The SMILES string of the molecule is COc1ccc(CN2C(=O)CCCC2=O)cc1C#CCN. The minimum Gasteiger partial charge on any atom is -0.495 e. The molecule has 2 rings (SSSR count). The van der Waals surface area contributed by atoms with E-state index in [2.05, 4.69) is 11.8 Å². The van der Waals surface area contributed by atoms with Gasteiger partial charge in [-0.1, -0.05) is 17.9 Å². The van der Waals surface area contributed by atoms with Crippen molar-refractivity contribution >= 4 is 11.8 Å². The maximum Gasteiger partial charge on any atom is 0.229 e. The fraction of sp³-hybridized carbons (Fsp3) is 0.375. The largest absolute Gasteiger partial charge is 0.495 e. The molecule has 1 aliphatic heterocycles. The van der Waals surface area contributed by atoms with E-state index in [0.717, 1.165) is 5.56 Å². The number of methoxy groups -OCH3 is 1. The Labute approximate surface area is 124 Å². The molecule has 5 heteroatoms. The number of likely N-dealkylation sites (tertiary alicyclic amines) is 1. The van der Waals surface area contributed by atoms with Gasteiger partial charge in [0.25, 0.3) is 0 Å². The molecule has 0 radical (unpaired) electrons. The third-order valence-electron chi connectivity index (χ3n) is 3.31. The number of hydrogen-bond donors (Lipinski definition) is 1. The molecule has 0 aliphatic carbocycles. The Morgan fingerprint density at radius 2 is 2.00 bits per heavy atom. The number of nitrogens with zero attached hydrogens (tertiary/aromatic N) is 1. The summed E-state index contributed by atoms with van der Waals surface area (Å²) in [6.07, 6.45) is 1.51. The van der Waals surface area contributed by atoms with Gasteiger partial charge >= 0.3 is 0 Å². The Hall–Kier alpha value is -2.32. The lowest BCUT2D eigenvalue weighted by Gasteiger charge is -2.25. The molecule has 1 aromatic carbocycles. The van der Waals surface area contributed by atoms with Crippen molar-refractivity contribution in [3.8, 4) is 17.6 Å². The van der Waals surface area contributed by atoms with Crippen LogP contribution in [-0.2, 0) is 16.1 Å². The number of carbonyl (C=O) groups excluding carboxylic acids is 2. The molecule has 0 spiro atoms. The van der Waals surface area contributed by atoms with E-state index in [1.807, 2.05) is 12.1 Å². The van der Waals surface area contributed by atoms with Gasteiger partial charge in [0.2, 0.25) is 11.8 Å². The highest BCUT2D eigenvalue weighted by molar-refractivity contribution is 5.97. The summed E-state index contributed by atoms with van der Waals surface area (Å²) in [5.74, 6) is 6.13. The number of nitrogens with two attached hydrogens (primary N) is 1. The molecule has 0 bridgehead atoms. The van der Waals surface area contributed by atoms with Crippen LogP contribution in [0.3, 0.4) is 0 Å². The highest BCUT2D eigenvalue weighted by Crippen LogP contribution is 2.21. The lowest BCUT2D eigenvalue weighted by molar-refractivity contribution is -0.148. The maximum atomic E-state index is 11.8. The summed E-state index contributed by atoms with van der Waals surface area (Å²) in [6.45, 7) is 0.537. The average Bonchev–Trinajstić information content (AvgIpc) is 2.49. The molecule has 2 N–H and O–H groups in total. The van der Waals surface area contributed by atoms with E-state index in [1.54, 1.807) is 13.2 Å². The number of piperidine rings is 1. The first kappa shape index (κ1) is 15.1. The molecule has 0 saturated carbocycles. The van der Waals surface area contributed by atoms with Crippen LogP contribution in [0.15, 0.2) is 18.2 Å². The predicted octanol–water partition coefficient (Wildman–Crippen LogP) is 1.04. The normalized spacial score (nSPS) is 14.7. The van der Waals surface area contributed by atoms with Gasteiger partial charge < -0.3 is 10.5 Å². The summed E-state index contributed by atoms with van der Waals surface area (Å²) in [7, 11) is 1.57. The molecule has 110 valence electrons. The zero-order chi connectivity index (χ0) is 15.2. The number of rotatable bonds is 3. The van der Waals surface area contributed by atoms with Crippen LogP contribution in [0.1, 0.15) is 30.4 Å². The maximum absolute atomic E-state index is 11.8. The lowest BCUT2D eigenvalue weighted by Crippen LogP contribution is -2.39. The lowest BCUT2D eigenvalue weighted by atomic mass is 10.1. The van der Waals surface area contributed by atoms with Crippen molar-refractivity contribution in [1.82, 2.24) is 4.90 Å². The first-order chi connectivity index (χ1) is 10.2. The van der Waals surface area contributed by atoms with Gasteiger partial charge in [-0.15, -0.1) is 0 Å². The summed E-state index contributed by atoms with van der Waals surface area (Å²) >= 11 is 0. The van der Waals surface area contributed by atoms with Gasteiger partial charge in [-0.3, -0.25) is 14.5 Å². The Balaban J connectivity index is 2.24. The topological polar surface area (TPSA) is 72.6 Å². The van der Waals surface area contributed by atoms with Gasteiger partial charge in [-0.25, -0.2) is 0 Å². The summed E-state index contributed by atoms with van der Waals surface area (Å²) < 4.78 is 5.24. The van der Waals surface area contributed by atoms with Crippen molar-refractivity contribution in [3.63, 3.8) is 0 Å². The number of carbonyl (C=O) groups is 2. The van der Waals surface area contributed by atoms with Crippen LogP contribution >= 0.6 is 0 Å². The van der Waals surface area contributed by atoms with Crippen LogP contribution in [0.2, 0.25) is 0 Å². The Bertz CT molecular complexity index is 598. The summed E-state index contributed by atoms with van der Waals surface area (Å²) in [4.78, 5) is 25.0. The Morgan fingerprint density at radius 1 is 1.29 bits per heavy atom. The minimum absolute atomic E-state index is 0.114. The van der Waals surface area contributed by atoms with Crippen LogP contribution in [0, 0.1) is 11.8 Å². The third-order valence-corrected chi connectivity index (χ3v) is 3.31. The van der Waals surface area contributed by atoms with Gasteiger partial charge in [0.15, 0.2) is 0 Å². The van der Waals surface area contributed by atoms with E-state index < -0.39 is 0 Å². The Morgan fingerprint density at radius 3 is 2.62 bits per heavy atom. The van der Waals surface area contributed by atoms with Crippen molar-refractivity contribution in [3.05, 3.63) is 29.3 Å². The van der Waals surface area contributed by atoms with E-state index in [1.165, 1.54) is 4.90 Å². The van der Waals surface area contributed by atoms with E-state index in [4.69, 9.17) is 10.5 Å². The van der Waals surface area contributed by atoms with Crippen molar-refractivity contribution in [2.24, 2.45) is 5.73 Å². The van der Waals surface area contributed by atoms with Crippen molar-refractivity contribution < 1.29 is 14.3 Å². The fourth-order valence-corrected chi connectivity index (χ4v) is 2.26. The number of amides is 2. The van der Waals surface area contributed by atoms with E-state index in [-0.39, 0.29) is 24.9 Å². The van der Waals surface area contributed by atoms with Crippen LogP contribution in [-0.4, -0.2) is 30.4 Å². The monoisotopic (exact) mass is 286 g/mol. The van der Waals surface area contributed by atoms with E-state index in [9.17, 15) is 9.59 Å². The molecule has 21 heavy (non-hydrogen) atoms. The van der Waals surface area contributed by atoms with Crippen LogP contribution in [0.4, 0.5) is 0 Å². The third kappa shape index (κ3) is 3.61. The highest BCUT2D eigenvalue weighted by Gasteiger charge is 2.25. The highest BCUT2D eigenvalue weighted by atomic mass is 16.5. The molecule has 0 atom stereocenters. The van der Waals surface area contributed by atoms with Gasteiger partial charge in [0.1, 0.15) is 5.75 Å². The molecular weight excluding hydrogens is 268 g/mol. The Kier molecular flexibility index (Phi) is 4.96. The molecule has 1 fully saturated rings. The van der Waals surface area contributed by atoms with Crippen LogP contribution in [0.25, 0.3) is 0 Å². The second-order valence-electron chi connectivity index (χ2n) is 4.77. The van der Waals surface area contributed by atoms with E-state index in [0.29, 0.717) is 30.6 Å². The molecule has 0 unspecified atom stereocenters. The summed E-state index contributed by atoms with van der Waals surface area (Å²) in [5, 5.41) is 0. The molecule has 1 aromatic rings. The molecule has 5 nitrogen and oxygen atoms in total. The fourth-order valence-electron chi connectivity index (χ4n) is 2.26. The molecule has 1 heterocycles. The van der Waals surface area contributed by atoms with Crippen LogP contribution < -0.4 is 10.5 Å². The van der Waals surface area contributed by atoms with Crippen molar-refractivity contribution in [1.29, 1.82) is 0 Å². The summed E-state index contributed by atoms with van der Waals surface area (Å²) in [6, 6.07) is 5.45. The number of benzene rings is 1. The molecule has 1 aliphatic rings. The second kappa shape index (κ2) is 6.91. The van der Waals surface area contributed by atoms with Gasteiger partial charge in [-0.05, 0) is 24.1 Å². The second-order valence-corrected chi connectivity index (χ2v) is 4.77. The van der Waals surface area contributed by atoms with E-state index >= 15 is 0 Å². The minimum atomic E-state index is -0.114. The van der Waals surface area contributed by atoms with Crippen LogP contribution in [0.5, 0.6) is 5.75 Å². The zero-order valence-electron chi connectivity index (χ0n) is 12.0. The zero-order valence-corrected chi connectivity index (χ0v) is 12.0. The molecule has 0 aromatic heterocycles. The average molecular weight is 286 g/mol. The van der Waals surface area contributed by atoms with Gasteiger partial charge in [0, 0.05) is 12.8 Å². The standard InChI is InChI=1S/C16H18N2O3/c1-21-14-8-7-12(10-13(14)4-3-9-17)11-18-15(19)5-2-6-16(18)20/h7-8,10H,2,5-6,9,11,17H2,1H3. The number of ether oxygens (including phenoxy) is 1. The first-order valence-corrected chi connectivity index (χ1v) is 6.84. The van der Waals surface area contributed by atoms with Gasteiger partial charge in [0.05, 0.1) is 25.8 Å². The molecule has 1 saturated heterocycles. The predicted molar refractivity (Wildman–Crippen MR) is 78.3 cm³/mol. The smallest absolute Gasteiger partial charge is 0.229 e. The van der Waals surface area contributed by atoms with Crippen molar-refractivity contribution in [2.45, 2.75) is 25.8 Å². The molecule has 2 amide bonds. The number of hydrogen-bond acceptors (Lipinski definition) is 4. The number of imide groups is 1. The molecular formula is C16H18N2O3.